The molecule has 0 aliphatic heterocycles. The summed E-state index contributed by atoms with van der Waals surface area (Å²) < 4.78 is 1.83. The summed E-state index contributed by atoms with van der Waals surface area (Å²) in [5.41, 5.74) is 3.82. The number of nitrogens with one attached hydrogen (secondary N) is 1. The average Bonchev–Trinajstić information content (AvgIpc) is 2.73. The Balaban J connectivity index is 1.94. The first-order chi connectivity index (χ1) is 10.4. The number of rotatable bonds is 5. The molecule has 6 nitrogen and oxygen atoms in total. The minimum atomic E-state index is -1.01. The number of carbonyl (C=O) groups is 2. The Hall–Kier alpha value is -2.63. The third kappa shape index (κ3) is 3.33. The van der Waals surface area contributed by atoms with Gasteiger partial charge in [0.1, 0.15) is 0 Å². The number of nitrogens with zero attached hydrogens (tertiary/aromatic N) is 2. The summed E-state index contributed by atoms with van der Waals surface area (Å²) in [6.45, 7) is 4.46. The largest absolute Gasteiger partial charge is 0.478 e. The van der Waals surface area contributed by atoms with Gasteiger partial charge in [-0.05, 0) is 50.1 Å². The monoisotopic (exact) mass is 301 g/mol. The summed E-state index contributed by atoms with van der Waals surface area (Å²) in [6.07, 6.45) is 0.713. The summed E-state index contributed by atoms with van der Waals surface area (Å²) in [5.74, 6) is -1.22. The van der Waals surface area contributed by atoms with E-state index >= 15 is 0 Å². The van der Waals surface area contributed by atoms with Crippen molar-refractivity contribution in [3.05, 3.63) is 52.3 Å². The van der Waals surface area contributed by atoms with E-state index in [0.29, 0.717) is 18.5 Å². The summed E-state index contributed by atoms with van der Waals surface area (Å²) in [4.78, 5) is 22.8. The molecule has 6 heteroatoms. The lowest BCUT2D eigenvalue weighted by Crippen LogP contribution is -2.26. The van der Waals surface area contributed by atoms with E-state index in [0.717, 1.165) is 17.0 Å². The molecule has 1 heterocycles. The van der Waals surface area contributed by atoms with E-state index in [1.807, 2.05) is 25.6 Å². The third-order valence-electron chi connectivity index (χ3n) is 3.71. The highest BCUT2D eigenvalue weighted by molar-refractivity contribution is 5.95. The van der Waals surface area contributed by atoms with E-state index in [4.69, 9.17) is 5.11 Å². The smallest absolute Gasteiger partial charge is 0.335 e. The number of aryl methyl sites for hydroxylation is 2. The fourth-order valence-corrected chi connectivity index (χ4v) is 2.35. The predicted molar refractivity (Wildman–Crippen MR) is 82.1 cm³/mol. The Kier molecular flexibility index (Phi) is 4.60. The molecule has 0 fully saturated rings. The van der Waals surface area contributed by atoms with Gasteiger partial charge in [0.05, 0.1) is 11.3 Å². The molecule has 1 amide bonds. The first-order valence-electron chi connectivity index (χ1n) is 7.00. The highest BCUT2D eigenvalue weighted by Gasteiger charge is 2.11. The Bertz CT molecular complexity index is 702. The van der Waals surface area contributed by atoms with Crippen LogP contribution < -0.4 is 5.32 Å². The van der Waals surface area contributed by atoms with Gasteiger partial charge >= 0.3 is 5.97 Å². The number of benzene rings is 1. The van der Waals surface area contributed by atoms with Crippen molar-refractivity contribution >= 4 is 11.9 Å². The molecule has 116 valence electrons. The van der Waals surface area contributed by atoms with Crippen LogP contribution in [0.5, 0.6) is 0 Å². The number of carboxylic acid groups (broad SMARTS) is 1. The molecular weight excluding hydrogens is 282 g/mol. The third-order valence-corrected chi connectivity index (χ3v) is 3.71. The van der Waals surface area contributed by atoms with Gasteiger partial charge in [-0.2, -0.15) is 5.10 Å². The average molecular weight is 301 g/mol. The molecule has 2 aromatic rings. The van der Waals surface area contributed by atoms with Gasteiger partial charge in [-0.1, -0.05) is 0 Å². The van der Waals surface area contributed by atoms with Crippen molar-refractivity contribution in [3.8, 4) is 0 Å². The minimum absolute atomic E-state index is 0.165. The van der Waals surface area contributed by atoms with Crippen LogP contribution in [0.15, 0.2) is 24.3 Å². The molecule has 0 aliphatic rings. The fraction of sp³-hybridized carbons (Fsp3) is 0.312. The van der Waals surface area contributed by atoms with Crippen molar-refractivity contribution in [1.82, 2.24) is 15.1 Å². The molecule has 1 aromatic heterocycles. The molecule has 2 rings (SSSR count). The number of amides is 1. The molecule has 0 unspecified atom stereocenters. The number of hydrogen-bond donors (Lipinski definition) is 2. The number of carbonyl (C=O) groups excluding carboxylic acids is 1. The normalized spacial score (nSPS) is 10.5. The second-order valence-corrected chi connectivity index (χ2v) is 5.16. The Morgan fingerprint density at radius 3 is 2.27 bits per heavy atom. The maximum Gasteiger partial charge on any atom is 0.335 e. The quantitative estimate of drug-likeness (QED) is 0.880. The van der Waals surface area contributed by atoms with Crippen molar-refractivity contribution < 1.29 is 14.7 Å². The fourth-order valence-electron chi connectivity index (χ4n) is 2.35. The van der Waals surface area contributed by atoms with Crippen molar-refractivity contribution in [2.75, 3.05) is 6.54 Å². The predicted octanol–water partition coefficient (Wildman–Crippen LogP) is 1.71. The van der Waals surface area contributed by atoms with Gasteiger partial charge in [0, 0.05) is 24.8 Å². The van der Waals surface area contributed by atoms with Crippen LogP contribution in [0.2, 0.25) is 0 Å². The molecule has 1 aromatic carbocycles. The van der Waals surface area contributed by atoms with Crippen LogP contribution >= 0.6 is 0 Å². The molecule has 0 atom stereocenters. The maximum absolute atomic E-state index is 12.0. The lowest BCUT2D eigenvalue weighted by atomic mass is 10.1. The highest BCUT2D eigenvalue weighted by atomic mass is 16.4. The number of aromatic nitrogens is 2. The summed E-state index contributed by atoms with van der Waals surface area (Å²) in [5, 5.41) is 16.0. The lowest BCUT2D eigenvalue weighted by molar-refractivity contribution is 0.0696. The summed E-state index contributed by atoms with van der Waals surface area (Å²) in [7, 11) is 1.90. The van der Waals surface area contributed by atoms with Crippen LogP contribution in [0.25, 0.3) is 0 Å². The topological polar surface area (TPSA) is 84.2 Å². The maximum atomic E-state index is 12.0. The van der Waals surface area contributed by atoms with E-state index in [9.17, 15) is 9.59 Å². The first kappa shape index (κ1) is 15.8. The van der Waals surface area contributed by atoms with Crippen LogP contribution in [-0.2, 0) is 13.5 Å². The Labute approximate surface area is 128 Å². The van der Waals surface area contributed by atoms with Crippen LogP contribution in [0, 0.1) is 13.8 Å². The van der Waals surface area contributed by atoms with Gasteiger partial charge in [0.15, 0.2) is 0 Å². The number of aromatic carboxylic acids is 1. The van der Waals surface area contributed by atoms with Crippen LogP contribution in [0.4, 0.5) is 0 Å². The van der Waals surface area contributed by atoms with E-state index in [1.165, 1.54) is 24.3 Å². The van der Waals surface area contributed by atoms with Gasteiger partial charge in [-0.25, -0.2) is 4.79 Å². The van der Waals surface area contributed by atoms with Crippen molar-refractivity contribution in [1.29, 1.82) is 0 Å². The van der Waals surface area contributed by atoms with E-state index in [1.54, 1.807) is 0 Å². The standard InChI is InChI=1S/C16H19N3O3/c1-10-14(11(2)19(3)18-10)8-9-17-15(20)12-4-6-13(7-5-12)16(21)22/h4-7H,8-9H2,1-3H3,(H,17,20)(H,21,22). The highest BCUT2D eigenvalue weighted by Crippen LogP contribution is 2.12. The van der Waals surface area contributed by atoms with E-state index in [-0.39, 0.29) is 11.5 Å². The zero-order valence-electron chi connectivity index (χ0n) is 12.9. The van der Waals surface area contributed by atoms with Crippen LogP contribution in [-0.4, -0.2) is 33.3 Å². The summed E-state index contributed by atoms with van der Waals surface area (Å²) in [6, 6.07) is 5.87. The van der Waals surface area contributed by atoms with E-state index in [2.05, 4.69) is 10.4 Å². The Morgan fingerprint density at radius 2 is 1.77 bits per heavy atom. The van der Waals surface area contributed by atoms with Gasteiger partial charge < -0.3 is 10.4 Å². The molecule has 0 saturated heterocycles. The Morgan fingerprint density at radius 1 is 1.18 bits per heavy atom. The van der Waals surface area contributed by atoms with Gasteiger partial charge in [-0.3, -0.25) is 9.48 Å². The van der Waals surface area contributed by atoms with Crippen molar-refractivity contribution in [2.45, 2.75) is 20.3 Å². The van der Waals surface area contributed by atoms with Gasteiger partial charge in [0.25, 0.3) is 5.91 Å². The second-order valence-electron chi connectivity index (χ2n) is 5.16. The molecule has 2 N–H and O–H groups in total. The second kappa shape index (κ2) is 6.43. The zero-order chi connectivity index (χ0) is 16.3. The van der Waals surface area contributed by atoms with Gasteiger partial charge in [0.2, 0.25) is 0 Å². The minimum Gasteiger partial charge on any atom is -0.478 e. The SMILES string of the molecule is Cc1nn(C)c(C)c1CCNC(=O)c1ccc(C(=O)O)cc1. The number of carboxylic acids is 1. The number of hydrogen-bond acceptors (Lipinski definition) is 3. The van der Waals surface area contributed by atoms with Gasteiger partial charge in [-0.15, -0.1) is 0 Å². The molecule has 0 bridgehead atoms. The summed E-state index contributed by atoms with van der Waals surface area (Å²) >= 11 is 0. The van der Waals surface area contributed by atoms with Crippen molar-refractivity contribution in [3.63, 3.8) is 0 Å². The zero-order valence-corrected chi connectivity index (χ0v) is 12.9. The molecular formula is C16H19N3O3. The molecule has 0 saturated carbocycles. The molecule has 22 heavy (non-hydrogen) atoms. The molecule has 0 spiro atoms. The molecule has 0 radical (unpaired) electrons. The molecule has 0 aliphatic carbocycles. The lowest BCUT2D eigenvalue weighted by Gasteiger charge is -2.06. The van der Waals surface area contributed by atoms with Crippen LogP contribution in [0.1, 0.15) is 37.7 Å². The van der Waals surface area contributed by atoms with Crippen LogP contribution in [0.3, 0.4) is 0 Å². The van der Waals surface area contributed by atoms with Crippen molar-refractivity contribution in [2.24, 2.45) is 7.05 Å². The van der Waals surface area contributed by atoms with E-state index < -0.39 is 5.97 Å². The first-order valence-corrected chi connectivity index (χ1v) is 7.00.